The van der Waals surface area contributed by atoms with Gasteiger partial charge >= 0.3 is 0 Å². The summed E-state index contributed by atoms with van der Waals surface area (Å²) in [7, 11) is -3.66. The molecule has 21 heavy (non-hydrogen) atoms. The van der Waals surface area contributed by atoms with Crippen LogP contribution in [0, 0.1) is 0 Å². The van der Waals surface area contributed by atoms with E-state index in [1.54, 1.807) is 17.4 Å². The van der Waals surface area contributed by atoms with Gasteiger partial charge in [0.25, 0.3) is 0 Å². The van der Waals surface area contributed by atoms with Crippen molar-refractivity contribution in [3.8, 4) is 0 Å². The Labute approximate surface area is 133 Å². The van der Waals surface area contributed by atoms with Crippen molar-refractivity contribution >= 4 is 38.6 Å². The van der Waals surface area contributed by atoms with Gasteiger partial charge in [0.1, 0.15) is 4.90 Å². The number of nitrogens with two attached hydrogens (primary N) is 1. The Hall–Kier alpha value is -1.08. The van der Waals surface area contributed by atoms with Gasteiger partial charge in [-0.25, -0.2) is 8.42 Å². The Morgan fingerprint density at radius 1 is 1.38 bits per heavy atom. The van der Waals surface area contributed by atoms with Gasteiger partial charge in [0.15, 0.2) is 0 Å². The lowest BCUT2D eigenvalue weighted by molar-refractivity contribution is 0.329. The summed E-state index contributed by atoms with van der Waals surface area (Å²) in [5, 5.41) is 2.37. The maximum absolute atomic E-state index is 12.9. The van der Waals surface area contributed by atoms with E-state index >= 15 is 0 Å². The molecular weight excluding hydrogens is 328 g/mol. The minimum atomic E-state index is -3.66. The molecule has 3 rings (SSSR count). The summed E-state index contributed by atoms with van der Waals surface area (Å²) in [4.78, 5) is 1.34. The first kappa shape index (κ1) is 14.8. The number of thiophene rings is 1. The summed E-state index contributed by atoms with van der Waals surface area (Å²) in [6.45, 7) is 2.37. The maximum atomic E-state index is 12.9. The lowest BCUT2D eigenvalue weighted by Gasteiger charge is -2.32. The maximum Gasteiger partial charge on any atom is 0.245 e. The summed E-state index contributed by atoms with van der Waals surface area (Å²) in [5.74, 6) is 0. The Morgan fingerprint density at radius 3 is 2.90 bits per heavy atom. The summed E-state index contributed by atoms with van der Waals surface area (Å²) in [6.07, 6.45) is 0.733. The molecule has 7 heteroatoms. The van der Waals surface area contributed by atoms with E-state index < -0.39 is 10.0 Å². The number of hydrogen-bond donors (Lipinski definition) is 1. The van der Waals surface area contributed by atoms with Crippen LogP contribution in [0.25, 0.3) is 0 Å². The molecule has 112 valence electrons. The third-order valence-corrected chi connectivity index (χ3v) is 7.04. The van der Waals surface area contributed by atoms with E-state index in [2.05, 4.69) is 0 Å². The van der Waals surface area contributed by atoms with Crippen LogP contribution in [0.2, 0.25) is 5.02 Å². The molecule has 2 aromatic rings. The molecule has 1 aromatic heterocycles. The first-order valence-electron chi connectivity index (χ1n) is 6.54. The summed E-state index contributed by atoms with van der Waals surface area (Å²) >= 11 is 7.60. The minimum absolute atomic E-state index is 0.0838. The zero-order chi connectivity index (χ0) is 15.2. The Kier molecular flexibility index (Phi) is 3.73. The van der Waals surface area contributed by atoms with E-state index in [0.29, 0.717) is 11.6 Å². The highest BCUT2D eigenvalue weighted by Gasteiger charge is 2.35. The monoisotopic (exact) mass is 342 g/mol. The normalized spacial score (nSPS) is 19.4. The van der Waals surface area contributed by atoms with Crippen molar-refractivity contribution in [3.05, 3.63) is 45.1 Å². The highest BCUT2D eigenvalue weighted by molar-refractivity contribution is 7.89. The lowest BCUT2D eigenvalue weighted by atomic mass is 10.0. The SMILES string of the molecule is CC1c2ccsc2CCN1S(=O)(=O)c1cc(Cl)ccc1N. The van der Waals surface area contributed by atoms with Crippen LogP contribution in [0.3, 0.4) is 0 Å². The van der Waals surface area contributed by atoms with Crippen molar-refractivity contribution in [1.29, 1.82) is 0 Å². The van der Waals surface area contributed by atoms with Gasteiger partial charge in [0, 0.05) is 22.5 Å². The molecule has 1 aromatic carbocycles. The number of rotatable bonds is 2. The standard InChI is InChI=1S/C14H15ClN2O2S2/c1-9-11-5-7-20-13(11)4-6-17(9)21(18,19)14-8-10(15)2-3-12(14)16/h2-3,5,7-9H,4,6,16H2,1H3. The smallest absolute Gasteiger partial charge is 0.245 e. The van der Waals surface area contributed by atoms with Gasteiger partial charge in [-0.15, -0.1) is 11.3 Å². The predicted octanol–water partition coefficient (Wildman–Crippen LogP) is 3.29. The second kappa shape index (κ2) is 5.28. The molecule has 0 fully saturated rings. The number of halogens is 1. The molecule has 2 N–H and O–H groups in total. The average molecular weight is 343 g/mol. The van der Waals surface area contributed by atoms with E-state index in [1.165, 1.54) is 21.3 Å². The third kappa shape index (κ3) is 2.46. The van der Waals surface area contributed by atoms with Crippen LogP contribution in [0.5, 0.6) is 0 Å². The fourth-order valence-corrected chi connectivity index (χ4v) is 5.63. The van der Waals surface area contributed by atoms with Gasteiger partial charge in [0.2, 0.25) is 10.0 Å². The van der Waals surface area contributed by atoms with Gasteiger partial charge in [0.05, 0.1) is 5.69 Å². The fourth-order valence-electron chi connectivity index (χ4n) is 2.67. The number of fused-ring (bicyclic) bond motifs is 1. The van der Waals surface area contributed by atoms with E-state index in [9.17, 15) is 8.42 Å². The molecule has 0 spiro atoms. The summed E-state index contributed by atoms with van der Waals surface area (Å²) < 4.78 is 27.3. The number of nitrogen functional groups attached to an aromatic ring is 1. The first-order valence-corrected chi connectivity index (χ1v) is 9.24. The van der Waals surface area contributed by atoms with Crippen molar-refractivity contribution in [1.82, 2.24) is 4.31 Å². The van der Waals surface area contributed by atoms with Gasteiger partial charge < -0.3 is 5.73 Å². The van der Waals surface area contributed by atoms with Crippen LogP contribution < -0.4 is 5.73 Å². The Bertz CT molecular complexity index is 786. The highest BCUT2D eigenvalue weighted by Crippen LogP contribution is 2.37. The van der Waals surface area contributed by atoms with Crippen LogP contribution in [0.15, 0.2) is 34.5 Å². The number of hydrogen-bond acceptors (Lipinski definition) is 4. The molecule has 2 heterocycles. The number of nitrogens with zero attached hydrogens (tertiary/aromatic N) is 1. The van der Waals surface area contributed by atoms with E-state index in [0.717, 1.165) is 12.0 Å². The van der Waals surface area contributed by atoms with E-state index in [4.69, 9.17) is 17.3 Å². The largest absolute Gasteiger partial charge is 0.398 e. The van der Waals surface area contributed by atoms with Crippen molar-refractivity contribution in [3.63, 3.8) is 0 Å². The van der Waals surface area contributed by atoms with Crippen molar-refractivity contribution in [2.24, 2.45) is 0 Å². The molecular formula is C14H15ClN2O2S2. The number of anilines is 1. The first-order chi connectivity index (χ1) is 9.91. The van der Waals surface area contributed by atoms with Gasteiger partial charge in [-0.3, -0.25) is 0 Å². The molecule has 4 nitrogen and oxygen atoms in total. The second-order valence-corrected chi connectivity index (χ2v) is 8.32. The highest BCUT2D eigenvalue weighted by atomic mass is 35.5. The van der Waals surface area contributed by atoms with Crippen LogP contribution in [0.1, 0.15) is 23.4 Å². The van der Waals surface area contributed by atoms with Crippen LogP contribution in [0.4, 0.5) is 5.69 Å². The minimum Gasteiger partial charge on any atom is -0.398 e. The zero-order valence-corrected chi connectivity index (χ0v) is 13.8. The van der Waals surface area contributed by atoms with Crippen LogP contribution >= 0.6 is 22.9 Å². The molecule has 0 saturated heterocycles. The molecule has 1 unspecified atom stereocenters. The third-order valence-electron chi connectivity index (χ3n) is 3.78. The molecule has 0 amide bonds. The molecule has 1 aliphatic heterocycles. The van der Waals surface area contributed by atoms with Crippen molar-refractivity contribution < 1.29 is 8.42 Å². The fraction of sp³-hybridized carbons (Fsp3) is 0.286. The molecule has 0 saturated carbocycles. The molecule has 1 atom stereocenters. The van der Waals surface area contributed by atoms with E-state index in [-0.39, 0.29) is 16.6 Å². The predicted molar refractivity (Wildman–Crippen MR) is 86.2 cm³/mol. The molecule has 0 bridgehead atoms. The molecule has 1 aliphatic rings. The quantitative estimate of drug-likeness (QED) is 0.852. The average Bonchev–Trinajstić information content (AvgIpc) is 2.91. The van der Waals surface area contributed by atoms with Gasteiger partial charge in [-0.1, -0.05) is 11.6 Å². The van der Waals surface area contributed by atoms with Crippen molar-refractivity contribution in [2.45, 2.75) is 24.3 Å². The lowest BCUT2D eigenvalue weighted by Crippen LogP contribution is -2.38. The second-order valence-electron chi connectivity index (χ2n) is 5.02. The number of benzene rings is 1. The van der Waals surface area contributed by atoms with E-state index in [1.807, 2.05) is 18.4 Å². The van der Waals surface area contributed by atoms with Crippen LogP contribution in [-0.4, -0.2) is 19.3 Å². The van der Waals surface area contributed by atoms with Gasteiger partial charge in [-0.2, -0.15) is 4.31 Å². The van der Waals surface area contributed by atoms with Crippen LogP contribution in [-0.2, 0) is 16.4 Å². The summed E-state index contributed by atoms with van der Waals surface area (Å²) in [6, 6.07) is 6.34. The zero-order valence-electron chi connectivity index (χ0n) is 11.4. The van der Waals surface area contributed by atoms with Crippen molar-refractivity contribution in [2.75, 3.05) is 12.3 Å². The Balaban J connectivity index is 2.05. The van der Waals surface area contributed by atoms with Gasteiger partial charge in [-0.05, 0) is 48.6 Å². The summed E-state index contributed by atoms with van der Waals surface area (Å²) in [5.41, 5.74) is 7.14. The molecule has 0 radical (unpaired) electrons. The number of sulfonamides is 1. The molecule has 0 aliphatic carbocycles. The topological polar surface area (TPSA) is 63.4 Å². The Morgan fingerprint density at radius 2 is 2.14 bits per heavy atom.